The molecule has 1 atom stereocenters. The topological polar surface area (TPSA) is 88.9 Å². The standard InChI is InChI=1S/C21H21N5O2/c1-15(17-8-10-19(11-9-17)26-14-23-13-24-26)25-20(27)12-5-16-3-6-18(7-4-16)21(28)22-2/h3-15H,1-2H3,(H,22,28)(H,25,27)/b12-5+. The largest absolute Gasteiger partial charge is 0.355 e. The van der Waals surface area contributed by atoms with Crippen LogP contribution in [-0.2, 0) is 4.79 Å². The van der Waals surface area contributed by atoms with Crippen molar-refractivity contribution in [2.45, 2.75) is 13.0 Å². The van der Waals surface area contributed by atoms with E-state index >= 15 is 0 Å². The second kappa shape index (κ2) is 8.77. The average Bonchev–Trinajstić information content (AvgIpc) is 3.27. The van der Waals surface area contributed by atoms with Crippen LogP contribution < -0.4 is 10.6 Å². The summed E-state index contributed by atoms with van der Waals surface area (Å²) in [5, 5.41) is 9.59. The van der Waals surface area contributed by atoms with Gasteiger partial charge in [0.1, 0.15) is 12.7 Å². The maximum absolute atomic E-state index is 12.2. The third-order valence-electron chi connectivity index (χ3n) is 4.26. The van der Waals surface area contributed by atoms with Gasteiger partial charge in [-0.1, -0.05) is 24.3 Å². The molecule has 2 aromatic carbocycles. The van der Waals surface area contributed by atoms with Gasteiger partial charge in [0.2, 0.25) is 5.91 Å². The zero-order valence-electron chi connectivity index (χ0n) is 15.7. The number of nitrogens with zero attached hydrogens (tertiary/aromatic N) is 3. The van der Waals surface area contributed by atoms with Crippen LogP contribution in [0.4, 0.5) is 0 Å². The molecule has 2 amide bonds. The number of rotatable bonds is 6. The smallest absolute Gasteiger partial charge is 0.251 e. The summed E-state index contributed by atoms with van der Waals surface area (Å²) in [7, 11) is 1.59. The van der Waals surface area contributed by atoms with E-state index in [0.29, 0.717) is 5.56 Å². The maximum Gasteiger partial charge on any atom is 0.251 e. The molecule has 7 nitrogen and oxygen atoms in total. The van der Waals surface area contributed by atoms with E-state index in [-0.39, 0.29) is 17.9 Å². The maximum atomic E-state index is 12.2. The summed E-state index contributed by atoms with van der Waals surface area (Å²) in [4.78, 5) is 27.7. The van der Waals surface area contributed by atoms with E-state index in [2.05, 4.69) is 20.7 Å². The highest BCUT2D eigenvalue weighted by molar-refractivity contribution is 5.94. The number of carbonyl (C=O) groups is 2. The lowest BCUT2D eigenvalue weighted by molar-refractivity contribution is -0.117. The second-order valence-corrected chi connectivity index (χ2v) is 6.20. The summed E-state index contributed by atoms with van der Waals surface area (Å²) in [6.45, 7) is 1.92. The lowest BCUT2D eigenvalue weighted by atomic mass is 10.1. The molecule has 0 aliphatic rings. The summed E-state index contributed by atoms with van der Waals surface area (Å²) in [6, 6.07) is 14.6. The van der Waals surface area contributed by atoms with Crippen molar-refractivity contribution < 1.29 is 9.59 Å². The van der Waals surface area contributed by atoms with Gasteiger partial charge in [-0.3, -0.25) is 9.59 Å². The van der Waals surface area contributed by atoms with Crippen LogP contribution >= 0.6 is 0 Å². The van der Waals surface area contributed by atoms with Crippen molar-refractivity contribution in [2.75, 3.05) is 7.05 Å². The Morgan fingerprint density at radius 3 is 2.39 bits per heavy atom. The molecule has 1 heterocycles. The van der Waals surface area contributed by atoms with Gasteiger partial charge in [0, 0.05) is 18.7 Å². The molecule has 0 aliphatic carbocycles. The monoisotopic (exact) mass is 375 g/mol. The Morgan fingerprint density at radius 2 is 1.79 bits per heavy atom. The summed E-state index contributed by atoms with van der Waals surface area (Å²) < 4.78 is 1.67. The lowest BCUT2D eigenvalue weighted by Crippen LogP contribution is -2.24. The molecule has 0 bridgehead atoms. The SMILES string of the molecule is CNC(=O)c1ccc(/C=C/C(=O)NC(C)c2ccc(-n3cncn3)cc2)cc1. The first kappa shape index (κ1) is 19.0. The Labute approximate surface area is 163 Å². The first-order chi connectivity index (χ1) is 13.6. The van der Waals surface area contributed by atoms with Crippen molar-refractivity contribution in [1.82, 2.24) is 25.4 Å². The van der Waals surface area contributed by atoms with E-state index in [1.165, 1.54) is 12.4 Å². The van der Waals surface area contributed by atoms with Gasteiger partial charge < -0.3 is 10.6 Å². The number of nitrogens with one attached hydrogen (secondary N) is 2. The van der Waals surface area contributed by atoms with Gasteiger partial charge >= 0.3 is 0 Å². The Kier molecular flexibility index (Phi) is 5.96. The van der Waals surface area contributed by atoms with Crippen molar-refractivity contribution in [2.24, 2.45) is 0 Å². The molecular formula is C21H21N5O2. The summed E-state index contributed by atoms with van der Waals surface area (Å²) in [5.41, 5.74) is 3.31. The summed E-state index contributed by atoms with van der Waals surface area (Å²) in [5.74, 6) is -0.333. The highest BCUT2D eigenvalue weighted by Crippen LogP contribution is 2.15. The molecule has 7 heteroatoms. The number of benzene rings is 2. The molecule has 0 spiro atoms. The van der Waals surface area contributed by atoms with Crippen LogP contribution in [0.5, 0.6) is 0 Å². The molecule has 142 valence electrons. The van der Waals surface area contributed by atoms with Gasteiger partial charge in [0.05, 0.1) is 11.7 Å². The minimum Gasteiger partial charge on any atom is -0.355 e. The molecule has 0 aliphatic heterocycles. The Hall–Kier alpha value is -3.74. The molecule has 1 unspecified atom stereocenters. The first-order valence-corrected chi connectivity index (χ1v) is 8.82. The molecule has 3 rings (SSSR count). The first-order valence-electron chi connectivity index (χ1n) is 8.82. The molecule has 0 saturated heterocycles. The predicted molar refractivity (Wildman–Crippen MR) is 107 cm³/mol. The fourth-order valence-corrected chi connectivity index (χ4v) is 2.66. The van der Waals surface area contributed by atoms with Gasteiger partial charge in [-0.25, -0.2) is 9.67 Å². The van der Waals surface area contributed by atoms with Gasteiger partial charge in [0.25, 0.3) is 5.91 Å². The van der Waals surface area contributed by atoms with Crippen LogP contribution in [0.25, 0.3) is 11.8 Å². The van der Waals surface area contributed by atoms with Crippen molar-refractivity contribution in [3.05, 3.63) is 84.0 Å². The van der Waals surface area contributed by atoms with E-state index in [0.717, 1.165) is 16.8 Å². The van der Waals surface area contributed by atoms with Gasteiger partial charge in [0.15, 0.2) is 0 Å². The molecule has 3 aromatic rings. The van der Waals surface area contributed by atoms with E-state index in [1.54, 1.807) is 48.4 Å². The minimum atomic E-state index is -0.191. The highest BCUT2D eigenvalue weighted by atomic mass is 16.2. The van der Waals surface area contributed by atoms with Gasteiger partial charge in [-0.05, 0) is 48.4 Å². The van der Waals surface area contributed by atoms with E-state index in [4.69, 9.17) is 0 Å². The van der Waals surface area contributed by atoms with Crippen molar-refractivity contribution >= 4 is 17.9 Å². The predicted octanol–water partition coefficient (Wildman–Crippen LogP) is 2.52. The quantitative estimate of drug-likeness (QED) is 0.648. The molecule has 0 radical (unpaired) electrons. The molecule has 0 fully saturated rings. The third kappa shape index (κ3) is 4.70. The third-order valence-corrected chi connectivity index (χ3v) is 4.26. The van der Waals surface area contributed by atoms with Crippen LogP contribution in [0.1, 0.15) is 34.5 Å². The second-order valence-electron chi connectivity index (χ2n) is 6.20. The van der Waals surface area contributed by atoms with Gasteiger partial charge in [-0.2, -0.15) is 5.10 Å². The van der Waals surface area contributed by atoms with Crippen LogP contribution in [0.3, 0.4) is 0 Å². The molecule has 2 N–H and O–H groups in total. The van der Waals surface area contributed by atoms with Crippen LogP contribution in [0.2, 0.25) is 0 Å². The number of hydrogen-bond acceptors (Lipinski definition) is 4. The molecular weight excluding hydrogens is 354 g/mol. The van der Waals surface area contributed by atoms with E-state index < -0.39 is 0 Å². The zero-order chi connectivity index (χ0) is 19.9. The molecule has 1 aromatic heterocycles. The van der Waals surface area contributed by atoms with Crippen LogP contribution in [0.15, 0.2) is 67.3 Å². The zero-order valence-corrected chi connectivity index (χ0v) is 15.7. The van der Waals surface area contributed by atoms with Crippen molar-refractivity contribution in [3.8, 4) is 5.69 Å². The van der Waals surface area contributed by atoms with Crippen LogP contribution in [0, 0.1) is 0 Å². The summed E-state index contributed by atoms with van der Waals surface area (Å²) >= 11 is 0. The Bertz CT molecular complexity index is 961. The molecule has 28 heavy (non-hydrogen) atoms. The number of aromatic nitrogens is 3. The van der Waals surface area contributed by atoms with E-state index in [9.17, 15) is 9.59 Å². The van der Waals surface area contributed by atoms with Crippen LogP contribution in [-0.4, -0.2) is 33.6 Å². The van der Waals surface area contributed by atoms with Crippen molar-refractivity contribution in [1.29, 1.82) is 0 Å². The average molecular weight is 375 g/mol. The molecule has 0 saturated carbocycles. The fraction of sp³-hybridized carbons (Fsp3) is 0.143. The van der Waals surface area contributed by atoms with Crippen molar-refractivity contribution in [3.63, 3.8) is 0 Å². The fourth-order valence-electron chi connectivity index (χ4n) is 2.66. The lowest BCUT2D eigenvalue weighted by Gasteiger charge is -2.13. The Balaban J connectivity index is 1.58. The highest BCUT2D eigenvalue weighted by Gasteiger charge is 2.08. The normalized spacial score (nSPS) is 11.9. The minimum absolute atomic E-state index is 0.141. The van der Waals surface area contributed by atoms with E-state index in [1.807, 2.05) is 31.2 Å². The Morgan fingerprint density at radius 1 is 1.07 bits per heavy atom. The number of hydrogen-bond donors (Lipinski definition) is 2. The number of amides is 2. The van der Waals surface area contributed by atoms with Gasteiger partial charge in [-0.15, -0.1) is 0 Å². The number of carbonyl (C=O) groups excluding carboxylic acids is 2. The summed E-state index contributed by atoms with van der Waals surface area (Å²) in [6.07, 6.45) is 6.31.